The number of halogens is 3. The van der Waals surface area contributed by atoms with Crippen LogP contribution >= 0.6 is 0 Å². The van der Waals surface area contributed by atoms with Crippen LogP contribution in [0.15, 0.2) is 0 Å². The molecule has 0 aliphatic carbocycles. The maximum atomic E-state index is 12.2. The number of piperidine rings is 1. The number of hydrogen-bond acceptors (Lipinski definition) is 3. The number of hydrogen-bond donors (Lipinski definition) is 2. The van der Waals surface area contributed by atoms with Gasteiger partial charge in [-0.15, -0.1) is 0 Å². The second-order valence-electron chi connectivity index (χ2n) is 4.94. The van der Waals surface area contributed by atoms with E-state index in [1.807, 2.05) is 0 Å². The van der Waals surface area contributed by atoms with E-state index in [1.54, 1.807) is 0 Å². The van der Waals surface area contributed by atoms with Crippen molar-refractivity contribution in [2.45, 2.75) is 25.9 Å². The summed E-state index contributed by atoms with van der Waals surface area (Å²) in [7, 11) is 0. The lowest BCUT2D eigenvalue weighted by Gasteiger charge is -2.31. The van der Waals surface area contributed by atoms with Crippen molar-refractivity contribution in [2.75, 3.05) is 32.7 Å². The number of rotatable bonds is 5. The molecule has 2 amide bonds. The molecular weight excluding hydrogens is 275 g/mol. The molecule has 2 N–H and O–H groups in total. The molecule has 116 valence electrons. The number of amides is 2. The van der Waals surface area contributed by atoms with Gasteiger partial charge in [-0.2, -0.15) is 13.2 Å². The monoisotopic (exact) mass is 295 g/mol. The molecule has 0 bridgehead atoms. The number of carbonyl (C=O) groups excluding carboxylic acids is 2. The third-order valence-electron chi connectivity index (χ3n) is 3.16. The van der Waals surface area contributed by atoms with Crippen LogP contribution in [0.3, 0.4) is 0 Å². The average molecular weight is 295 g/mol. The SMILES string of the molecule is CC(=O)NCCNC(=O)C1CCN(CC(F)(F)F)CC1. The topological polar surface area (TPSA) is 61.4 Å². The molecule has 20 heavy (non-hydrogen) atoms. The van der Waals surface area contributed by atoms with E-state index in [9.17, 15) is 22.8 Å². The van der Waals surface area contributed by atoms with Crippen molar-refractivity contribution >= 4 is 11.8 Å². The van der Waals surface area contributed by atoms with E-state index in [1.165, 1.54) is 11.8 Å². The summed E-state index contributed by atoms with van der Waals surface area (Å²) >= 11 is 0. The van der Waals surface area contributed by atoms with Gasteiger partial charge in [0.05, 0.1) is 6.54 Å². The standard InChI is InChI=1S/C12H20F3N3O2/c1-9(19)16-4-5-17-11(20)10-2-6-18(7-3-10)8-12(13,14)15/h10H,2-8H2,1H3,(H,16,19)(H,17,20). The van der Waals surface area contributed by atoms with E-state index in [0.29, 0.717) is 25.9 Å². The molecule has 1 aliphatic rings. The minimum Gasteiger partial charge on any atom is -0.355 e. The molecule has 0 radical (unpaired) electrons. The van der Waals surface area contributed by atoms with Crippen LogP contribution in [-0.4, -0.2) is 55.6 Å². The lowest BCUT2D eigenvalue weighted by molar-refractivity contribution is -0.149. The second kappa shape index (κ2) is 7.47. The summed E-state index contributed by atoms with van der Waals surface area (Å²) in [5.74, 6) is -0.557. The van der Waals surface area contributed by atoms with E-state index in [4.69, 9.17) is 0 Å². The van der Waals surface area contributed by atoms with Gasteiger partial charge in [0, 0.05) is 25.9 Å². The Kier molecular flexibility index (Phi) is 6.25. The Balaban J connectivity index is 2.20. The summed E-state index contributed by atoms with van der Waals surface area (Å²) in [6.07, 6.45) is -3.32. The first kappa shape index (κ1) is 16.7. The fourth-order valence-corrected chi connectivity index (χ4v) is 2.18. The van der Waals surface area contributed by atoms with E-state index in [-0.39, 0.29) is 30.8 Å². The smallest absolute Gasteiger partial charge is 0.355 e. The maximum absolute atomic E-state index is 12.2. The molecule has 1 fully saturated rings. The molecule has 5 nitrogen and oxygen atoms in total. The largest absolute Gasteiger partial charge is 0.401 e. The molecule has 0 aromatic carbocycles. The molecule has 0 atom stereocenters. The molecular formula is C12H20F3N3O2. The van der Waals surface area contributed by atoms with Crippen LogP contribution in [0.4, 0.5) is 13.2 Å². The van der Waals surface area contributed by atoms with Gasteiger partial charge >= 0.3 is 6.18 Å². The van der Waals surface area contributed by atoms with E-state index in [2.05, 4.69) is 10.6 Å². The highest BCUT2D eigenvalue weighted by Gasteiger charge is 2.33. The lowest BCUT2D eigenvalue weighted by Crippen LogP contribution is -2.44. The van der Waals surface area contributed by atoms with Crippen LogP contribution in [0, 0.1) is 5.92 Å². The highest BCUT2D eigenvalue weighted by atomic mass is 19.4. The van der Waals surface area contributed by atoms with Gasteiger partial charge in [-0.3, -0.25) is 14.5 Å². The van der Waals surface area contributed by atoms with Crippen molar-refractivity contribution < 1.29 is 22.8 Å². The first-order chi connectivity index (χ1) is 9.28. The van der Waals surface area contributed by atoms with Gasteiger partial charge in [0.25, 0.3) is 0 Å². The number of carbonyl (C=O) groups is 2. The predicted octanol–water partition coefficient (Wildman–Crippen LogP) is 0.513. The van der Waals surface area contributed by atoms with Crippen molar-refractivity contribution in [1.29, 1.82) is 0 Å². The summed E-state index contributed by atoms with van der Waals surface area (Å²) in [5, 5.41) is 5.23. The Labute approximate surface area is 115 Å². The molecule has 0 unspecified atom stereocenters. The van der Waals surface area contributed by atoms with Crippen molar-refractivity contribution in [1.82, 2.24) is 15.5 Å². The van der Waals surface area contributed by atoms with Crippen molar-refractivity contribution in [3.8, 4) is 0 Å². The minimum absolute atomic E-state index is 0.151. The second-order valence-corrected chi connectivity index (χ2v) is 4.94. The van der Waals surface area contributed by atoms with E-state index < -0.39 is 12.7 Å². The van der Waals surface area contributed by atoms with Crippen LogP contribution in [-0.2, 0) is 9.59 Å². The predicted molar refractivity (Wildman–Crippen MR) is 66.9 cm³/mol. The minimum atomic E-state index is -4.19. The van der Waals surface area contributed by atoms with Crippen molar-refractivity contribution in [3.63, 3.8) is 0 Å². The zero-order valence-corrected chi connectivity index (χ0v) is 11.4. The Morgan fingerprint density at radius 3 is 2.20 bits per heavy atom. The highest BCUT2D eigenvalue weighted by Crippen LogP contribution is 2.22. The number of likely N-dealkylation sites (tertiary alicyclic amines) is 1. The van der Waals surface area contributed by atoms with Crippen molar-refractivity contribution in [2.24, 2.45) is 5.92 Å². The summed E-state index contributed by atoms with van der Waals surface area (Å²) in [6, 6.07) is 0. The molecule has 0 spiro atoms. The molecule has 0 aromatic heterocycles. The lowest BCUT2D eigenvalue weighted by atomic mass is 9.96. The fourth-order valence-electron chi connectivity index (χ4n) is 2.18. The number of nitrogens with zero attached hydrogens (tertiary/aromatic N) is 1. The third kappa shape index (κ3) is 6.74. The normalized spacial score (nSPS) is 17.8. The van der Waals surface area contributed by atoms with Gasteiger partial charge < -0.3 is 10.6 Å². The molecule has 1 saturated heterocycles. The quantitative estimate of drug-likeness (QED) is 0.727. The molecule has 8 heteroatoms. The zero-order chi connectivity index (χ0) is 15.2. The maximum Gasteiger partial charge on any atom is 0.401 e. The zero-order valence-electron chi connectivity index (χ0n) is 11.4. The summed E-state index contributed by atoms with van der Waals surface area (Å²) in [5.41, 5.74) is 0. The third-order valence-corrected chi connectivity index (χ3v) is 3.16. The van der Waals surface area contributed by atoms with E-state index in [0.717, 1.165) is 0 Å². The van der Waals surface area contributed by atoms with Gasteiger partial charge in [0.15, 0.2) is 0 Å². The fraction of sp³-hybridized carbons (Fsp3) is 0.833. The highest BCUT2D eigenvalue weighted by molar-refractivity contribution is 5.78. The Morgan fingerprint density at radius 1 is 1.15 bits per heavy atom. The Hall–Kier alpha value is -1.31. The van der Waals surface area contributed by atoms with Crippen molar-refractivity contribution in [3.05, 3.63) is 0 Å². The van der Waals surface area contributed by atoms with Gasteiger partial charge in [0.1, 0.15) is 0 Å². The molecule has 1 aliphatic heterocycles. The van der Waals surface area contributed by atoms with Crippen LogP contribution in [0.1, 0.15) is 19.8 Å². The molecule has 0 saturated carbocycles. The summed E-state index contributed by atoms with van der Waals surface area (Å²) < 4.78 is 36.6. The van der Waals surface area contributed by atoms with Gasteiger partial charge in [-0.1, -0.05) is 0 Å². The number of nitrogens with one attached hydrogen (secondary N) is 2. The van der Waals surface area contributed by atoms with Crippen LogP contribution in [0.25, 0.3) is 0 Å². The van der Waals surface area contributed by atoms with Crippen LogP contribution in [0.5, 0.6) is 0 Å². The van der Waals surface area contributed by atoms with Gasteiger partial charge in [-0.25, -0.2) is 0 Å². The van der Waals surface area contributed by atoms with Crippen LogP contribution in [0.2, 0.25) is 0 Å². The molecule has 1 heterocycles. The number of alkyl halides is 3. The van der Waals surface area contributed by atoms with Crippen LogP contribution < -0.4 is 10.6 Å². The van der Waals surface area contributed by atoms with Gasteiger partial charge in [0.2, 0.25) is 11.8 Å². The summed E-state index contributed by atoms with van der Waals surface area (Å²) in [6.45, 7) is 1.73. The summed E-state index contributed by atoms with van der Waals surface area (Å²) in [4.78, 5) is 23.7. The van der Waals surface area contributed by atoms with Gasteiger partial charge in [-0.05, 0) is 25.9 Å². The molecule has 1 rings (SSSR count). The average Bonchev–Trinajstić information content (AvgIpc) is 2.33. The Morgan fingerprint density at radius 2 is 1.70 bits per heavy atom. The Bertz CT molecular complexity index is 339. The first-order valence-electron chi connectivity index (χ1n) is 6.59. The first-order valence-corrected chi connectivity index (χ1v) is 6.59. The molecule has 0 aromatic rings. The van der Waals surface area contributed by atoms with E-state index >= 15 is 0 Å².